The molecule has 0 unspecified atom stereocenters. The fraction of sp³-hybridized carbons (Fsp3) is 0.143. The molecule has 0 radical (unpaired) electrons. The lowest BCUT2D eigenvalue weighted by atomic mass is 10.4. The van der Waals surface area contributed by atoms with Gasteiger partial charge in [-0.25, -0.2) is 0 Å². The average molecular weight is 242 g/mol. The van der Waals surface area contributed by atoms with Crippen molar-refractivity contribution in [3.63, 3.8) is 0 Å². The molecular weight excluding hydrogens is 224 g/mol. The van der Waals surface area contributed by atoms with Crippen molar-refractivity contribution < 1.29 is 0 Å². The van der Waals surface area contributed by atoms with Crippen LogP contribution in [0.3, 0.4) is 0 Å². The van der Waals surface area contributed by atoms with Gasteiger partial charge in [-0.2, -0.15) is 0 Å². The first-order chi connectivity index (χ1) is 7.95. The van der Waals surface area contributed by atoms with Crippen LogP contribution in [0.4, 0.5) is 0 Å². The van der Waals surface area contributed by atoms with Gasteiger partial charge in [0.1, 0.15) is 0 Å². The summed E-state index contributed by atoms with van der Waals surface area (Å²) in [6.07, 6.45) is 0. The monoisotopic (exact) mass is 242 g/mol. The molecule has 2 heteroatoms. The first-order valence-corrected chi connectivity index (χ1v) is 9.44. The van der Waals surface area contributed by atoms with Gasteiger partial charge in [0.15, 0.2) is 0 Å². The van der Waals surface area contributed by atoms with Crippen molar-refractivity contribution in [2.75, 3.05) is 0 Å². The van der Waals surface area contributed by atoms with E-state index >= 15 is 0 Å². The summed E-state index contributed by atoms with van der Waals surface area (Å²) in [5.41, 5.74) is 0. The predicted molar refractivity (Wildman–Crippen MR) is 78.9 cm³/mol. The van der Waals surface area contributed by atoms with Gasteiger partial charge in [-0.05, 0) is 0 Å². The van der Waals surface area contributed by atoms with Crippen LogP contribution in [-0.4, -0.2) is 19.0 Å². The van der Waals surface area contributed by atoms with Crippen LogP contribution < -0.4 is 10.4 Å². The van der Waals surface area contributed by atoms with Gasteiger partial charge in [-0.1, -0.05) is 83.1 Å². The summed E-state index contributed by atoms with van der Waals surface area (Å²) in [6.45, 7) is 0. The third-order valence-electron chi connectivity index (χ3n) is 2.87. The van der Waals surface area contributed by atoms with Gasteiger partial charge in [0, 0.05) is 0 Å². The molecule has 2 aromatic carbocycles. The molecule has 0 aromatic heterocycles. The molecule has 16 heavy (non-hydrogen) atoms. The fourth-order valence-electron chi connectivity index (χ4n) is 1.95. The second-order valence-corrected chi connectivity index (χ2v) is 8.23. The Hall–Kier alpha value is -1.13. The highest BCUT2D eigenvalue weighted by molar-refractivity contribution is 6.58. The number of benzene rings is 2. The molecule has 0 atom stereocenters. The predicted octanol–water partition coefficient (Wildman–Crippen LogP) is 0.812. The molecule has 0 aliphatic carbocycles. The number of hydrogen-bond donors (Lipinski definition) is 0. The van der Waals surface area contributed by atoms with Crippen LogP contribution >= 0.6 is 0 Å². The Kier molecular flexibility index (Phi) is 4.58. The summed E-state index contributed by atoms with van der Waals surface area (Å²) in [5.74, 6) is 0. The SMILES string of the molecule is c1ccc([SiH2]CC[SiH2]c2ccccc2)cc1. The minimum Gasteiger partial charge on any atom is -0.0669 e. The van der Waals surface area contributed by atoms with E-state index in [1.165, 1.54) is 12.1 Å². The first-order valence-electron chi connectivity index (χ1n) is 6.03. The summed E-state index contributed by atoms with van der Waals surface area (Å²) in [4.78, 5) is 0. The molecule has 0 saturated heterocycles. The van der Waals surface area contributed by atoms with E-state index in [2.05, 4.69) is 60.7 Å². The van der Waals surface area contributed by atoms with Crippen molar-refractivity contribution in [3.8, 4) is 0 Å². The molecule has 0 bridgehead atoms. The van der Waals surface area contributed by atoms with Gasteiger partial charge >= 0.3 is 0 Å². The second kappa shape index (κ2) is 6.45. The van der Waals surface area contributed by atoms with Crippen LogP contribution in [0.2, 0.25) is 12.1 Å². The highest BCUT2D eigenvalue weighted by Crippen LogP contribution is 1.91. The minimum absolute atomic E-state index is 0.00743. The van der Waals surface area contributed by atoms with Crippen LogP contribution in [0.1, 0.15) is 0 Å². The Labute approximate surface area is 102 Å². The molecule has 0 aliphatic heterocycles. The molecule has 2 rings (SSSR count). The fourth-order valence-corrected chi connectivity index (χ4v) is 5.98. The number of hydrogen-bond acceptors (Lipinski definition) is 0. The van der Waals surface area contributed by atoms with Crippen molar-refractivity contribution in [1.29, 1.82) is 0 Å². The second-order valence-electron chi connectivity index (χ2n) is 4.18. The van der Waals surface area contributed by atoms with Crippen LogP contribution in [-0.2, 0) is 0 Å². The normalized spacial score (nSPS) is 11.8. The lowest BCUT2D eigenvalue weighted by Crippen LogP contribution is -2.17. The zero-order chi connectivity index (χ0) is 11.1. The molecule has 0 aliphatic rings. The highest BCUT2D eigenvalue weighted by atomic mass is 28.2. The molecule has 82 valence electrons. The zero-order valence-electron chi connectivity index (χ0n) is 9.60. The topological polar surface area (TPSA) is 0 Å². The van der Waals surface area contributed by atoms with Crippen molar-refractivity contribution in [2.24, 2.45) is 0 Å². The highest BCUT2D eigenvalue weighted by Gasteiger charge is 1.95. The van der Waals surface area contributed by atoms with Crippen LogP contribution in [0.15, 0.2) is 60.7 Å². The maximum absolute atomic E-state index is 2.29. The molecule has 0 amide bonds. The van der Waals surface area contributed by atoms with Crippen molar-refractivity contribution >= 4 is 29.4 Å². The van der Waals surface area contributed by atoms with E-state index in [9.17, 15) is 0 Å². The van der Waals surface area contributed by atoms with Crippen LogP contribution in [0, 0.1) is 0 Å². The maximum Gasteiger partial charge on any atom is 0.0544 e. The Bertz CT molecular complexity index is 356. The lowest BCUT2D eigenvalue weighted by molar-refractivity contribution is 1.43. The van der Waals surface area contributed by atoms with Crippen molar-refractivity contribution in [1.82, 2.24) is 0 Å². The van der Waals surface area contributed by atoms with Gasteiger partial charge in [0.25, 0.3) is 0 Å². The van der Waals surface area contributed by atoms with Crippen molar-refractivity contribution in [3.05, 3.63) is 60.7 Å². The van der Waals surface area contributed by atoms with Gasteiger partial charge in [-0.15, -0.1) is 0 Å². The van der Waals surface area contributed by atoms with Gasteiger partial charge in [0.2, 0.25) is 0 Å². The Morgan fingerprint density at radius 2 is 0.938 bits per heavy atom. The van der Waals surface area contributed by atoms with Gasteiger partial charge in [-0.3, -0.25) is 0 Å². The minimum atomic E-state index is 0.00743. The molecule has 0 spiro atoms. The molecule has 0 N–H and O–H groups in total. The Balaban J connectivity index is 1.70. The smallest absolute Gasteiger partial charge is 0.0544 e. The molecule has 0 heterocycles. The summed E-state index contributed by atoms with van der Waals surface area (Å²) in [7, 11) is 0.0149. The maximum atomic E-state index is 2.29. The standard InChI is InChI=1S/C14H18Si2/c1-3-7-13(8-4-1)15-11-12-16-14-9-5-2-6-10-14/h1-10H,11-12,15-16H2. The third kappa shape index (κ3) is 3.79. The quantitative estimate of drug-likeness (QED) is 0.538. The van der Waals surface area contributed by atoms with Crippen molar-refractivity contribution in [2.45, 2.75) is 12.1 Å². The van der Waals surface area contributed by atoms with E-state index in [1.54, 1.807) is 10.4 Å². The first kappa shape index (κ1) is 11.4. The van der Waals surface area contributed by atoms with Crippen LogP contribution in [0.25, 0.3) is 0 Å². The Morgan fingerprint density at radius 3 is 1.31 bits per heavy atom. The summed E-state index contributed by atoms with van der Waals surface area (Å²) in [6, 6.07) is 25.0. The number of rotatable bonds is 5. The molecule has 0 fully saturated rings. The largest absolute Gasteiger partial charge is 0.0669 e. The van der Waals surface area contributed by atoms with Gasteiger partial charge in [0.05, 0.1) is 19.0 Å². The molecule has 0 nitrogen and oxygen atoms in total. The van der Waals surface area contributed by atoms with E-state index in [4.69, 9.17) is 0 Å². The zero-order valence-corrected chi connectivity index (χ0v) is 12.4. The average Bonchev–Trinajstić information content (AvgIpc) is 2.37. The lowest BCUT2D eigenvalue weighted by Gasteiger charge is -2.01. The summed E-state index contributed by atoms with van der Waals surface area (Å²) < 4.78 is 0. The van der Waals surface area contributed by atoms with E-state index < -0.39 is 0 Å². The van der Waals surface area contributed by atoms with E-state index in [0.29, 0.717) is 0 Å². The summed E-state index contributed by atoms with van der Waals surface area (Å²) >= 11 is 0. The van der Waals surface area contributed by atoms with Crippen LogP contribution in [0.5, 0.6) is 0 Å². The Morgan fingerprint density at radius 1 is 0.562 bits per heavy atom. The third-order valence-corrected chi connectivity index (χ3v) is 7.67. The summed E-state index contributed by atoms with van der Waals surface area (Å²) in [5, 5.41) is 3.23. The molecular formula is C14H18Si2. The molecule has 2 aromatic rings. The van der Waals surface area contributed by atoms with Gasteiger partial charge < -0.3 is 0 Å². The van der Waals surface area contributed by atoms with E-state index in [0.717, 1.165) is 0 Å². The molecule has 0 saturated carbocycles. The van der Waals surface area contributed by atoms with E-state index in [1.807, 2.05) is 0 Å². The van der Waals surface area contributed by atoms with E-state index in [-0.39, 0.29) is 19.0 Å².